The smallest absolute Gasteiger partial charge is 0.153 e. The van der Waals surface area contributed by atoms with Gasteiger partial charge < -0.3 is 5.11 Å². The van der Waals surface area contributed by atoms with Crippen LogP contribution in [0, 0.1) is 17.2 Å². The Morgan fingerprint density at radius 3 is 2.55 bits per heavy atom. The fourth-order valence-electron chi connectivity index (χ4n) is 1.21. The summed E-state index contributed by atoms with van der Waals surface area (Å²) in [6.45, 7) is 0. The molecular weight excluding hydrogens is 166 g/mol. The van der Waals surface area contributed by atoms with E-state index in [0.717, 1.165) is 0 Å². The van der Waals surface area contributed by atoms with Gasteiger partial charge in [-0.3, -0.25) is 0 Å². The highest BCUT2D eigenvalue weighted by Gasteiger charge is 2.35. The third-order valence-corrected chi connectivity index (χ3v) is 3.58. The largest absolute Gasteiger partial charge is 0.392 e. The maximum atomic E-state index is 10.9. The van der Waals surface area contributed by atoms with Gasteiger partial charge in [0.15, 0.2) is 9.84 Å². The molecule has 0 aromatic rings. The fourth-order valence-corrected chi connectivity index (χ4v) is 3.13. The summed E-state index contributed by atoms with van der Waals surface area (Å²) < 4.78 is 21.7. The Bertz CT molecular complexity index is 277. The maximum Gasteiger partial charge on any atom is 0.153 e. The molecule has 2 atom stereocenters. The molecule has 1 saturated heterocycles. The van der Waals surface area contributed by atoms with Crippen molar-refractivity contribution in [3.8, 4) is 6.07 Å². The molecule has 4 nitrogen and oxygen atoms in total. The lowest BCUT2D eigenvalue weighted by atomic mass is 10.0. The summed E-state index contributed by atoms with van der Waals surface area (Å²) in [6, 6.07) is 1.85. The topological polar surface area (TPSA) is 78.2 Å². The quantitative estimate of drug-likeness (QED) is 0.572. The highest BCUT2D eigenvalue weighted by atomic mass is 32.2. The lowest BCUT2D eigenvalue weighted by Crippen LogP contribution is -2.16. The normalized spacial score (nSPS) is 34.9. The Morgan fingerprint density at radius 1 is 1.55 bits per heavy atom. The molecule has 0 amide bonds. The number of sulfone groups is 1. The van der Waals surface area contributed by atoms with Crippen molar-refractivity contribution in [1.29, 1.82) is 5.26 Å². The van der Waals surface area contributed by atoms with Crippen LogP contribution < -0.4 is 0 Å². The van der Waals surface area contributed by atoms with Crippen LogP contribution in [0.2, 0.25) is 0 Å². The molecule has 0 unspecified atom stereocenters. The van der Waals surface area contributed by atoms with Crippen molar-refractivity contribution in [2.75, 3.05) is 11.5 Å². The monoisotopic (exact) mass is 175 g/mol. The van der Waals surface area contributed by atoms with E-state index in [9.17, 15) is 8.42 Å². The molecule has 1 N–H and O–H groups in total. The second-order valence-electron chi connectivity index (χ2n) is 2.77. The van der Waals surface area contributed by atoms with E-state index < -0.39 is 15.9 Å². The van der Waals surface area contributed by atoms with Crippen LogP contribution in [0.15, 0.2) is 0 Å². The average Bonchev–Trinajstić information content (AvgIpc) is 2.07. The molecule has 62 valence electrons. The number of hydrogen-bond donors (Lipinski definition) is 1. The molecule has 1 heterocycles. The first-order valence-corrected chi connectivity index (χ1v) is 5.13. The van der Waals surface area contributed by atoms with Crippen molar-refractivity contribution in [2.24, 2.45) is 5.92 Å². The fraction of sp³-hybridized carbons (Fsp3) is 0.833. The van der Waals surface area contributed by atoms with Crippen LogP contribution in [-0.4, -0.2) is 31.1 Å². The van der Waals surface area contributed by atoms with Crippen molar-refractivity contribution in [1.82, 2.24) is 0 Å². The van der Waals surface area contributed by atoms with E-state index in [-0.39, 0.29) is 23.8 Å². The van der Waals surface area contributed by atoms with E-state index in [1.54, 1.807) is 0 Å². The molecular formula is C6H9NO3S. The van der Waals surface area contributed by atoms with E-state index in [0.29, 0.717) is 0 Å². The van der Waals surface area contributed by atoms with Gasteiger partial charge in [0.25, 0.3) is 0 Å². The van der Waals surface area contributed by atoms with Crippen LogP contribution in [-0.2, 0) is 9.84 Å². The molecule has 5 heteroatoms. The zero-order chi connectivity index (χ0) is 8.48. The lowest BCUT2D eigenvalue weighted by Gasteiger charge is -2.05. The number of hydrogen-bond acceptors (Lipinski definition) is 4. The summed E-state index contributed by atoms with van der Waals surface area (Å²) in [5.74, 6) is -0.592. The van der Waals surface area contributed by atoms with Crippen LogP contribution in [0.5, 0.6) is 0 Å². The molecule has 0 aliphatic carbocycles. The van der Waals surface area contributed by atoms with E-state index in [4.69, 9.17) is 10.4 Å². The third kappa shape index (κ3) is 1.91. The minimum atomic E-state index is -3.07. The minimum Gasteiger partial charge on any atom is -0.392 e. The van der Waals surface area contributed by atoms with Gasteiger partial charge in [0.05, 0.1) is 23.7 Å². The zero-order valence-electron chi connectivity index (χ0n) is 5.90. The molecule has 1 aliphatic heterocycles. The lowest BCUT2D eigenvalue weighted by molar-refractivity contribution is 0.152. The van der Waals surface area contributed by atoms with Crippen LogP contribution in [0.4, 0.5) is 0 Å². The number of rotatable bonds is 1. The first kappa shape index (κ1) is 8.50. The molecule has 1 aliphatic rings. The van der Waals surface area contributed by atoms with Crippen molar-refractivity contribution in [3.63, 3.8) is 0 Å². The van der Waals surface area contributed by atoms with Crippen LogP contribution >= 0.6 is 0 Å². The van der Waals surface area contributed by atoms with Crippen molar-refractivity contribution in [3.05, 3.63) is 0 Å². The summed E-state index contributed by atoms with van der Waals surface area (Å²) in [5, 5.41) is 17.4. The predicted molar refractivity (Wildman–Crippen MR) is 38.4 cm³/mol. The van der Waals surface area contributed by atoms with Crippen LogP contribution in [0.25, 0.3) is 0 Å². The summed E-state index contributed by atoms with van der Waals surface area (Å²) in [6.07, 6.45) is -0.708. The number of nitriles is 1. The van der Waals surface area contributed by atoms with Crippen molar-refractivity contribution in [2.45, 2.75) is 12.5 Å². The predicted octanol–water partition coefficient (Wildman–Crippen LogP) is -0.694. The van der Waals surface area contributed by atoms with E-state index >= 15 is 0 Å². The molecule has 0 bridgehead atoms. The van der Waals surface area contributed by atoms with Gasteiger partial charge in [-0.25, -0.2) is 8.42 Å². The summed E-state index contributed by atoms with van der Waals surface area (Å²) in [7, 11) is -3.07. The first-order valence-electron chi connectivity index (χ1n) is 3.30. The minimum absolute atomic E-state index is 0.0400. The number of aliphatic hydroxyl groups excluding tert-OH is 1. The van der Waals surface area contributed by atoms with E-state index in [1.165, 1.54) is 0 Å². The molecule has 0 radical (unpaired) electrons. The van der Waals surface area contributed by atoms with Crippen LogP contribution in [0.1, 0.15) is 6.42 Å². The van der Waals surface area contributed by atoms with Gasteiger partial charge in [0, 0.05) is 12.3 Å². The van der Waals surface area contributed by atoms with Gasteiger partial charge in [0.2, 0.25) is 0 Å². The summed E-state index contributed by atoms with van der Waals surface area (Å²) in [5.41, 5.74) is 0. The molecule has 0 spiro atoms. The standard InChI is InChI=1S/C6H9NO3S/c7-2-1-5-3-11(9,10)4-6(5)8/h5-6,8H,1,3-4H2/t5-,6-/m0/s1. The molecule has 1 fully saturated rings. The van der Waals surface area contributed by atoms with Gasteiger partial charge in [0.1, 0.15) is 0 Å². The Kier molecular flexibility index (Phi) is 2.16. The molecule has 0 aromatic heterocycles. The SMILES string of the molecule is N#CC[C@H]1CS(=O)(=O)C[C@@H]1O. The average molecular weight is 175 g/mol. The molecule has 1 rings (SSSR count). The molecule has 0 aromatic carbocycles. The maximum absolute atomic E-state index is 10.9. The second-order valence-corrected chi connectivity index (χ2v) is 4.92. The second kappa shape index (κ2) is 2.80. The number of nitrogens with zero attached hydrogens (tertiary/aromatic N) is 1. The van der Waals surface area contributed by atoms with E-state index in [2.05, 4.69) is 0 Å². The molecule has 11 heavy (non-hydrogen) atoms. The van der Waals surface area contributed by atoms with E-state index in [1.807, 2.05) is 6.07 Å². The summed E-state index contributed by atoms with van der Waals surface area (Å²) in [4.78, 5) is 0. The van der Waals surface area contributed by atoms with Gasteiger partial charge in [-0.05, 0) is 0 Å². The number of aliphatic hydroxyl groups is 1. The Balaban J connectivity index is 2.68. The Hall–Kier alpha value is -0.600. The van der Waals surface area contributed by atoms with Gasteiger partial charge in [-0.2, -0.15) is 5.26 Å². The highest BCUT2D eigenvalue weighted by molar-refractivity contribution is 7.91. The van der Waals surface area contributed by atoms with Crippen molar-refractivity contribution >= 4 is 9.84 Å². The van der Waals surface area contributed by atoms with Gasteiger partial charge in [-0.1, -0.05) is 0 Å². The summed E-state index contributed by atoms with van der Waals surface area (Å²) >= 11 is 0. The van der Waals surface area contributed by atoms with Gasteiger partial charge in [-0.15, -0.1) is 0 Å². The zero-order valence-corrected chi connectivity index (χ0v) is 6.71. The molecule has 0 saturated carbocycles. The Labute approximate surface area is 65.4 Å². The van der Waals surface area contributed by atoms with Crippen LogP contribution in [0.3, 0.4) is 0 Å². The first-order chi connectivity index (χ1) is 5.05. The van der Waals surface area contributed by atoms with Crippen molar-refractivity contribution < 1.29 is 13.5 Å². The third-order valence-electron chi connectivity index (χ3n) is 1.79. The highest BCUT2D eigenvalue weighted by Crippen LogP contribution is 2.21. The van der Waals surface area contributed by atoms with Gasteiger partial charge >= 0.3 is 0 Å². The Morgan fingerprint density at radius 2 is 2.18 bits per heavy atom.